The van der Waals surface area contributed by atoms with Gasteiger partial charge in [-0.3, -0.25) is 0 Å². The summed E-state index contributed by atoms with van der Waals surface area (Å²) in [5, 5.41) is 12.3. The third-order valence-electron chi connectivity index (χ3n) is 2.80. The predicted molar refractivity (Wildman–Crippen MR) is 50.1 cm³/mol. The lowest BCUT2D eigenvalue weighted by Gasteiger charge is -2.20. The molecule has 2 N–H and O–H groups in total. The largest absolute Gasteiger partial charge is 0.396 e. The maximum Gasteiger partial charge on any atom is 0.0474 e. The van der Waals surface area contributed by atoms with Crippen molar-refractivity contribution in [3.05, 3.63) is 0 Å². The van der Waals surface area contributed by atoms with Crippen LogP contribution in [0.15, 0.2) is 0 Å². The van der Waals surface area contributed by atoms with Crippen molar-refractivity contribution in [2.24, 2.45) is 11.8 Å². The first-order valence-electron chi connectivity index (χ1n) is 4.72. The minimum Gasteiger partial charge on any atom is -0.396 e. The Morgan fingerprint density at radius 1 is 1.67 bits per heavy atom. The molecule has 12 heavy (non-hydrogen) atoms. The van der Waals surface area contributed by atoms with Gasteiger partial charge in [-0.05, 0) is 38.9 Å². The minimum atomic E-state index is 0.319. The van der Waals surface area contributed by atoms with Crippen LogP contribution in [0, 0.1) is 11.8 Å². The zero-order valence-electron chi connectivity index (χ0n) is 8.08. The molecule has 0 aromatic heterocycles. The highest BCUT2D eigenvalue weighted by Gasteiger charge is 2.26. The van der Waals surface area contributed by atoms with E-state index in [1.807, 2.05) is 7.05 Å². The van der Waals surface area contributed by atoms with Crippen LogP contribution in [0.5, 0.6) is 0 Å². The fourth-order valence-corrected chi connectivity index (χ4v) is 2.00. The Hall–Kier alpha value is -0.120. The van der Waals surface area contributed by atoms with Crippen LogP contribution in [0.1, 0.15) is 6.42 Å². The Labute approximate surface area is 74.8 Å². The van der Waals surface area contributed by atoms with Crippen LogP contribution in [0.25, 0.3) is 0 Å². The molecular formula is C9H20N2O. The number of nitrogens with zero attached hydrogens (tertiary/aromatic N) is 1. The van der Waals surface area contributed by atoms with Gasteiger partial charge in [0, 0.05) is 19.7 Å². The minimum absolute atomic E-state index is 0.319. The van der Waals surface area contributed by atoms with Crippen LogP contribution in [-0.2, 0) is 0 Å². The Bertz CT molecular complexity index is 128. The number of rotatable bonds is 4. The molecule has 3 nitrogen and oxygen atoms in total. The van der Waals surface area contributed by atoms with Gasteiger partial charge < -0.3 is 15.3 Å². The first kappa shape index (κ1) is 9.96. The van der Waals surface area contributed by atoms with E-state index in [-0.39, 0.29) is 0 Å². The van der Waals surface area contributed by atoms with Gasteiger partial charge in [-0.15, -0.1) is 0 Å². The van der Waals surface area contributed by atoms with Crippen molar-refractivity contribution in [1.82, 2.24) is 10.2 Å². The third kappa shape index (κ3) is 2.44. The smallest absolute Gasteiger partial charge is 0.0474 e. The molecule has 0 aliphatic carbocycles. The van der Waals surface area contributed by atoms with E-state index in [1.165, 1.54) is 13.0 Å². The van der Waals surface area contributed by atoms with Gasteiger partial charge in [-0.25, -0.2) is 0 Å². The molecule has 1 heterocycles. The Kier molecular flexibility index (Phi) is 3.98. The van der Waals surface area contributed by atoms with Gasteiger partial charge in [-0.2, -0.15) is 0 Å². The molecule has 0 aromatic carbocycles. The van der Waals surface area contributed by atoms with E-state index < -0.39 is 0 Å². The van der Waals surface area contributed by atoms with Crippen LogP contribution in [0.3, 0.4) is 0 Å². The van der Waals surface area contributed by atoms with Gasteiger partial charge in [0.2, 0.25) is 0 Å². The summed E-state index contributed by atoms with van der Waals surface area (Å²) in [6.07, 6.45) is 1.24. The van der Waals surface area contributed by atoms with Crippen molar-refractivity contribution in [2.75, 3.05) is 40.3 Å². The van der Waals surface area contributed by atoms with Crippen LogP contribution in [0.2, 0.25) is 0 Å². The second-order valence-corrected chi connectivity index (χ2v) is 3.81. The molecule has 2 atom stereocenters. The van der Waals surface area contributed by atoms with E-state index in [0.717, 1.165) is 13.1 Å². The van der Waals surface area contributed by atoms with Gasteiger partial charge in [0.05, 0.1) is 0 Å². The molecule has 0 radical (unpaired) electrons. The Balaban J connectivity index is 2.33. The molecule has 0 spiro atoms. The van der Waals surface area contributed by atoms with E-state index in [2.05, 4.69) is 17.3 Å². The van der Waals surface area contributed by atoms with Crippen LogP contribution in [0.4, 0.5) is 0 Å². The van der Waals surface area contributed by atoms with Gasteiger partial charge in [0.15, 0.2) is 0 Å². The zero-order chi connectivity index (χ0) is 8.97. The van der Waals surface area contributed by atoms with Crippen molar-refractivity contribution < 1.29 is 5.11 Å². The highest BCUT2D eigenvalue weighted by atomic mass is 16.3. The standard InChI is InChI=1S/C9H20N2O/c1-10-5-9(7-12)8-3-4-11(2)6-8/h8-10,12H,3-7H2,1-2H3. The van der Waals surface area contributed by atoms with Crippen molar-refractivity contribution in [3.63, 3.8) is 0 Å². The normalized spacial score (nSPS) is 27.8. The number of aliphatic hydroxyl groups is 1. The summed E-state index contributed by atoms with van der Waals surface area (Å²) in [5.41, 5.74) is 0. The lowest BCUT2D eigenvalue weighted by molar-refractivity contribution is 0.175. The number of hydrogen-bond donors (Lipinski definition) is 2. The second kappa shape index (κ2) is 4.80. The first-order chi connectivity index (χ1) is 5.77. The highest BCUT2D eigenvalue weighted by Crippen LogP contribution is 2.22. The van der Waals surface area contributed by atoms with Crippen LogP contribution < -0.4 is 5.32 Å². The molecule has 72 valence electrons. The maximum absolute atomic E-state index is 9.15. The molecule has 1 aliphatic rings. The molecule has 0 bridgehead atoms. The van der Waals surface area contributed by atoms with Crippen molar-refractivity contribution in [1.29, 1.82) is 0 Å². The van der Waals surface area contributed by atoms with Crippen molar-refractivity contribution in [2.45, 2.75) is 6.42 Å². The van der Waals surface area contributed by atoms with Gasteiger partial charge in [0.1, 0.15) is 0 Å². The van der Waals surface area contributed by atoms with E-state index in [4.69, 9.17) is 5.11 Å². The quantitative estimate of drug-likeness (QED) is 0.614. The lowest BCUT2D eigenvalue weighted by Crippen LogP contribution is -2.30. The fraction of sp³-hybridized carbons (Fsp3) is 1.00. The summed E-state index contributed by atoms with van der Waals surface area (Å²) >= 11 is 0. The Morgan fingerprint density at radius 2 is 2.42 bits per heavy atom. The molecule has 0 saturated carbocycles. The number of nitrogens with one attached hydrogen (secondary N) is 1. The molecule has 1 rings (SSSR count). The molecular weight excluding hydrogens is 152 g/mol. The molecule has 0 aromatic rings. The highest BCUT2D eigenvalue weighted by molar-refractivity contribution is 4.79. The number of hydrogen-bond acceptors (Lipinski definition) is 3. The molecule has 1 fully saturated rings. The monoisotopic (exact) mass is 172 g/mol. The van der Waals surface area contributed by atoms with E-state index in [0.29, 0.717) is 18.4 Å². The lowest BCUT2D eigenvalue weighted by atomic mass is 9.92. The van der Waals surface area contributed by atoms with Crippen LogP contribution >= 0.6 is 0 Å². The summed E-state index contributed by atoms with van der Waals surface area (Å²) in [7, 11) is 4.09. The van der Waals surface area contributed by atoms with E-state index in [9.17, 15) is 0 Å². The summed E-state index contributed by atoms with van der Waals surface area (Å²) in [6.45, 7) is 3.59. The Morgan fingerprint density at radius 3 is 2.83 bits per heavy atom. The maximum atomic E-state index is 9.15. The molecule has 2 unspecified atom stereocenters. The van der Waals surface area contributed by atoms with Crippen LogP contribution in [-0.4, -0.2) is 50.3 Å². The summed E-state index contributed by atoms with van der Waals surface area (Å²) in [5.74, 6) is 1.13. The summed E-state index contributed by atoms with van der Waals surface area (Å²) in [4.78, 5) is 2.34. The topological polar surface area (TPSA) is 35.5 Å². The second-order valence-electron chi connectivity index (χ2n) is 3.81. The third-order valence-corrected chi connectivity index (χ3v) is 2.80. The number of likely N-dealkylation sites (tertiary alicyclic amines) is 1. The summed E-state index contributed by atoms with van der Waals surface area (Å²) in [6, 6.07) is 0. The molecule has 1 saturated heterocycles. The average molecular weight is 172 g/mol. The molecule has 1 aliphatic heterocycles. The van der Waals surface area contributed by atoms with Gasteiger partial charge in [-0.1, -0.05) is 0 Å². The predicted octanol–water partition coefficient (Wildman–Crippen LogP) is -0.234. The zero-order valence-corrected chi connectivity index (χ0v) is 8.08. The van der Waals surface area contributed by atoms with E-state index >= 15 is 0 Å². The van der Waals surface area contributed by atoms with Gasteiger partial charge in [0.25, 0.3) is 0 Å². The van der Waals surface area contributed by atoms with E-state index in [1.54, 1.807) is 0 Å². The average Bonchev–Trinajstić information content (AvgIpc) is 2.47. The number of aliphatic hydroxyl groups excluding tert-OH is 1. The van der Waals surface area contributed by atoms with Gasteiger partial charge >= 0.3 is 0 Å². The van der Waals surface area contributed by atoms with Crippen molar-refractivity contribution in [3.8, 4) is 0 Å². The molecule has 0 amide bonds. The molecule has 3 heteroatoms. The SMILES string of the molecule is CNCC(CO)C1CCN(C)C1. The fourth-order valence-electron chi connectivity index (χ4n) is 2.00. The summed E-state index contributed by atoms with van der Waals surface area (Å²) < 4.78 is 0. The first-order valence-corrected chi connectivity index (χ1v) is 4.72. The van der Waals surface area contributed by atoms with Crippen molar-refractivity contribution >= 4 is 0 Å².